The van der Waals surface area contributed by atoms with Gasteiger partial charge in [-0.25, -0.2) is 0 Å². The Bertz CT molecular complexity index is 741. The minimum Gasteiger partial charge on any atom is -0.493 e. The third-order valence-electron chi connectivity index (χ3n) is 8.14. The molecule has 0 radical (unpaired) electrons. The zero-order valence-corrected chi connectivity index (χ0v) is 17.3. The van der Waals surface area contributed by atoms with Crippen molar-refractivity contribution in [2.75, 3.05) is 34.2 Å². The molecule has 0 N–H and O–H groups in total. The van der Waals surface area contributed by atoms with E-state index in [9.17, 15) is 0 Å². The second-order valence-electron chi connectivity index (χ2n) is 9.11. The molecular weight excluding hydrogens is 356 g/mol. The van der Waals surface area contributed by atoms with E-state index >= 15 is 0 Å². The Kier molecular flexibility index (Phi) is 4.61. The molecule has 5 nitrogen and oxygen atoms in total. The van der Waals surface area contributed by atoms with E-state index in [1.807, 2.05) is 0 Å². The second-order valence-corrected chi connectivity index (χ2v) is 9.11. The predicted octanol–water partition coefficient (Wildman–Crippen LogP) is 4.28. The van der Waals surface area contributed by atoms with Gasteiger partial charge in [0, 0.05) is 18.9 Å². The van der Waals surface area contributed by atoms with Crippen LogP contribution < -0.4 is 9.47 Å². The number of aryl methyl sites for hydroxylation is 1. The first kappa shape index (κ1) is 18.7. The van der Waals surface area contributed by atoms with E-state index < -0.39 is 0 Å². The first-order chi connectivity index (χ1) is 13.6. The normalized spacial score (nSPS) is 35.3. The van der Waals surface area contributed by atoms with Gasteiger partial charge >= 0.3 is 0 Å². The highest BCUT2D eigenvalue weighted by Gasteiger charge is 2.65. The topological polar surface area (TPSA) is 46.2 Å². The Morgan fingerprint density at radius 3 is 2.61 bits per heavy atom. The van der Waals surface area contributed by atoms with Gasteiger partial charge in [0.05, 0.1) is 20.3 Å². The van der Waals surface area contributed by atoms with Crippen molar-refractivity contribution >= 4 is 0 Å². The molecule has 0 amide bonds. The van der Waals surface area contributed by atoms with Crippen molar-refractivity contribution in [1.29, 1.82) is 0 Å². The first-order valence-electron chi connectivity index (χ1n) is 10.7. The molecule has 0 aromatic heterocycles. The Balaban J connectivity index is 1.46. The van der Waals surface area contributed by atoms with Crippen molar-refractivity contribution in [3.05, 3.63) is 23.3 Å². The Labute approximate surface area is 167 Å². The Hall–Kier alpha value is -1.30. The monoisotopic (exact) mass is 388 g/mol. The van der Waals surface area contributed by atoms with Crippen LogP contribution in [0.5, 0.6) is 11.5 Å². The molecule has 0 unspecified atom stereocenters. The molecule has 154 valence electrons. The molecule has 1 aromatic rings. The van der Waals surface area contributed by atoms with Crippen LogP contribution in [-0.2, 0) is 20.6 Å². The molecule has 1 saturated heterocycles. The lowest BCUT2D eigenvalue weighted by atomic mass is 9.55. The molecule has 2 saturated carbocycles. The predicted molar refractivity (Wildman–Crippen MR) is 105 cm³/mol. The van der Waals surface area contributed by atoms with E-state index in [-0.39, 0.29) is 18.0 Å². The lowest BCUT2D eigenvalue weighted by Crippen LogP contribution is -2.51. The summed E-state index contributed by atoms with van der Waals surface area (Å²) in [5.41, 5.74) is 3.03. The number of rotatable bonds is 4. The fourth-order valence-electron chi connectivity index (χ4n) is 6.86. The van der Waals surface area contributed by atoms with Crippen LogP contribution in [0.3, 0.4) is 0 Å². The van der Waals surface area contributed by atoms with Crippen LogP contribution in [0.4, 0.5) is 0 Å². The quantitative estimate of drug-likeness (QED) is 0.721. The van der Waals surface area contributed by atoms with Crippen molar-refractivity contribution < 1.29 is 23.7 Å². The minimum atomic E-state index is -0.321. The molecular formula is C23H32O5. The number of hydrogen-bond donors (Lipinski definition) is 0. The highest BCUT2D eigenvalue weighted by molar-refractivity contribution is 5.50. The fraction of sp³-hybridized carbons (Fsp3) is 0.739. The number of hydrogen-bond acceptors (Lipinski definition) is 5. The molecule has 3 fully saturated rings. The number of methoxy groups -OCH3 is 2. The lowest BCUT2D eigenvalue weighted by molar-refractivity contribution is -0.237. The van der Waals surface area contributed by atoms with E-state index in [1.165, 1.54) is 36.8 Å². The second kappa shape index (κ2) is 6.89. The minimum absolute atomic E-state index is 0.147. The molecule has 0 bridgehead atoms. The molecule has 1 aromatic carbocycles. The molecule has 1 aliphatic heterocycles. The van der Waals surface area contributed by atoms with Gasteiger partial charge in [0.2, 0.25) is 0 Å². The van der Waals surface area contributed by atoms with Gasteiger partial charge in [-0.05, 0) is 73.1 Å². The van der Waals surface area contributed by atoms with Gasteiger partial charge in [-0.1, -0.05) is 6.92 Å². The molecule has 1 heterocycles. The van der Waals surface area contributed by atoms with Gasteiger partial charge in [0.15, 0.2) is 24.1 Å². The van der Waals surface area contributed by atoms with Gasteiger partial charge in [-0.2, -0.15) is 0 Å². The van der Waals surface area contributed by atoms with Gasteiger partial charge in [0.1, 0.15) is 0 Å². The summed E-state index contributed by atoms with van der Waals surface area (Å²) >= 11 is 0. The van der Waals surface area contributed by atoms with Gasteiger partial charge in [-0.15, -0.1) is 0 Å². The number of ether oxygens (including phenoxy) is 5. The average molecular weight is 389 g/mol. The molecule has 1 spiro atoms. The standard InChI is InChI=1S/C23H32O5/c1-22-8-6-16-17(19(22)7-9-23(22)27-10-11-28-23)5-4-15-12-21(26-14-24-2)20(25-3)13-18(15)16/h12-13,16-17,19H,4-11,14H2,1-3H3/t16-,17+,19-,22-/m0/s1. The van der Waals surface area contributed by atoms with Crippen LogP contribution in [0.1, 0.15) is 56.1 Å². The zero-order chi connectivity index (χ0) is 19.4. The van der Waals surface area contributed by atoms with Gasteiger partial charge in [0.25, 0.3) is 0 Å². The summed E-state index contributed by atoms with van der Waals surface area (Å²) in [6.07, 6.45) is 6.98. The SMILES string of the molecule is COCOc1cc2c(cc1OC)[C@H]1CC[C@@]3(C)[C@@H](CCC34OCCO4)[C@@H]1CC2. The summed E-state index contributed by atoms with van der Waals surface area (Å²) < 4.78 is 29.0. The molecule has 4 aliphatic rings. The maximum atomic E-state index is 6.24. The lowest BCUT2D eigenvalue weighted by Gasteiger charge is -2.52. The summed E-state index contributed by atoms with van der Waals surface area (Å²) in [5.74, 6) is 3.26. The van der Waals surface area contributed by atoms with E-state index in [1.54, 1.807) is 14.2 Å². The van der Waals surface area contributed by atoms with Crippen LogP contribution in [-0.4, -0.2) is 40.0 Å². The van der Waals surface area contributed by atoms with Crippen LogP contribution in [0.25, 0.3) is 0 Å². The highest BCUT2D eigenvalue weighted by atomic mass is 16.7. The third-order valence-corrected chi connectivity index (χ3v) is 8.14. The summed E-state index contributed by atoms with van der Waals surface area (Å²) in [6.45, 7) is 4.18. The van der Waals surface area contributed by atoms with E-state index in [4.69, 9.17) is 23.7 Å². The van der Waals surface area contributed by atoms with Crippen molar-refractivity contribution in [3.8, 4) is 11.5 Å². The number of fused-ring (bicyclic) bond motifs is 6. The van der Waals surface area contributed by atoms with Crippen molar-refractivity contribution in [3.63, 3.8) is 0 Å². The maximum absolute atomic E-state index is 6.24. The van der Waals surface area contributed by atoms with Crippen molar-refractivity contribution in [2.24, 2.45) is 17.3 Å². The van der Waals surface area contributed by atoms with Crippen LogP contribution in [0, 0.1) is 17.3 Å². The zero-order valence-electron chi connectivity index (χ0n) is 17.3. The van der Waals surface area contributed by atoms with E-state index in [2.05, 4.69) is 19.1 Å². The van der Waals surface area contributed by atoms with Crippen LogP contribution in [0.15, 0.2) is 12.1 Å². The smallest absolute Gasteiger partial charge is 0.188 e. The van der Waals surface area contributed by atoms with E-state index in [0.29, 0.717) is 17.8 Å². The van der Waals surface area contributed by atoms with Gasteiger partial charge < -0.3 is 23.7 Å². The van der Waals surface area contributed by atoms with Crippen molar-refractivity contribution in [2.45, 2.75) is 57.2 Å². The first-order valence-corrected chi connectivity index (χ1v) is 10.7. The molecule has 5 rings (SSSR count). The molecule has 4 atom stereocenters. The van der Waals surface area contributed by atoms with Gasteiger partial charge in [-0.3, -0.25) is 0 Å². The average Bonchev–Trinajstić information content (AvgIpc) is 3.31. The summed E-state index contributed by atoms with van der Waals surface area (Å²) in [6, 6.07) is 4.41. The largest absolute Gasteiger partial charge is 0.493 e. The fourth-order valence-corrected chi connectivity index (χ4v) is 6.86. The van der Waals surface area contributed by atoms with Crippen LogP contribution in [0.2, 0.25) is 0 Å². The summed E-state index contributed by atoms with van der Waals surface area (Å²) in [7, 11) is 3.36. The summed E-state index contributed by atoms with van der Waals surface area (Å²) in [4.78, 5) is 0. The number of benzene rings is 1. The van der Waals surface area contributed by atoms with Crippen molar-refractivity contribution in [1.82, 2.24) is 0 Å². The Morgan fingerprint density at radius 2 is 1.86 bits per heavy atom. The molecule has 5 heteroatoms. The molecule has 28 heavy (non-hydrogen) atoms. The molecule has 3 aliphatic carbocycles. The highest BCUT2D eigenvalue weighted by Crippen LogP contribution is 2.66. The van der Waals surface area contributed by atoms with E-state index in [0.717, 1.165) is 37.6 Å². The van der Waals surface area contributed by atoms with Crippen LogP contribution >= 0.6 is 0 Å². The maximum Gasteiger partial charge on any atom is 0.188 e. The third kappa shape index (κ3) is 2.55. The Morgan fingerprint density at radius 1 is 1.04 bits per heavy atom. The summed E-state index contributed by atoms with van der Waals surface area (Å²) in [5, 5.41) is 0.